The second kappa shape index (κ2) is 5.54. The summed E-state index contributed by atoms with van der Waals surface area (Å²) >= 11 is 0. The fourth-order valence-corrected chi connectivity index (χ4v) is 3.45. The van der Waals surface area contributed by atoms with Gasteiger partial charge in [-0.25, -0.2) is 0 Å². The Balaban J connectivity index is 2.00. The summed E-state index contributed by atoms with van der Waals surface area (Å²) in [6.45, 7) is 5.59. The Hall–Kier alpha value is -0.670. The van der Waals surface area contributed by atoms with Crippen molar-refractivity contribution in [3.8, 4) is 0 Å². The van der Waals surface area contributed by atoms with Crippen molar-refractivity contribution in [3.05, 3.63) is 35.4 Å². The fourth-order valence-electron chi connectivity index (χ4n) is 2.90. The van der Waals surface area contributed by atoms with Crippen LogP contribution in [0.1, 0.15) is 37.4 Å². The highest BCUT2D eigenvalue weighted by Gasteiger charge is 2.37. The summed E-state index contributed by atoms with van der Waals surface area (Å²) < 4.78 is 11.0. The molecule has 0 heterocycles. The first-order chi connectivity index (χ1) is 8.50. The largest absolute Gasteiger partial charge is 0.309 e. The zero-order valence-corrected chi connectivity index (χ0v) is 12.3. The summed E-state index contributed by atoms with van der Waals surface area (Å²) in [6, 6.07) is 9.15. The van der Waals surface area contributed by atoms with Gasteiger partial charge in [-0.1, -0.05) is 38.1 Å². The van der Waals surface area contributed by atoms with E-state index >= 15 is 0 Å². The predicted molar refractivity (Wildman–Crippen MR) is 78.2 cm³/mol. The van der Waals surface area contributed by atoms with Crippen molar-refractivity contribution in [1.82, 2.24) is 5.32 Å². The number of hydrogen-bond donors (Lipinski definition) is 1. The van der Waals surface area contributed by atoms with Crippen LogP contribution in [0.5, 0.6) is 0 Å². The molecule has 1 aliphatic carbocycles. The van der Waals surface area contributed by atoms with E-state index in [1.807, 2.05) is 0 Å². The molecule has 2 unspecified atom stereocenters. The molecule has 3 heteroatoms. The third kappa shape index (κ3) is 3.01. The molecule has 0 amide bonds. The minimum absolute atomic E-state index is 0.273. The Kier molecular flexibility index (Phi) is 4.23. The number of benzene rings is 1. The van der Waals surface area contributed by atoms with E-state index in [-0.39, 0.29) is 5.41 Å². The van der Waals surface area contributed by atoms with E-state index in [9.17, 15) is 4.21 Å². The molecule has 0 aliphatic heterocycles. The maximum absolute atomic E-state index is 11.0. The molecule has 0 bridgehead atoms. The van der Waals surface area contributed by atoms with E-state index in [2.05, 4.69) is 43.4 Å². The summed E-state index contributed by atoms with van der Waals surface area (Å²) in [4.78, 5) is 0. The average molecular weight is 265 g/mol. The molecule has 18 heavy (non-hydrogen) atoms. The monoisotopic (exact) mass is 265 g/mol. The normalized spacial score (nSPS) is 22.7. The number of rotatable bonds is 5. The highest BCUT2D eigenvalue weighted by Crippen LogP contribution is 2.44. The van der Waals surface area contributed by atoms with Gasteiger partial charge >= 0.3 is 0 Å². The van der Waals surface area contributed by atoms with E-state index in [4.69, 9.17) is 0 Å². The van der Waals surface area contributed by atoms with Gasteiger partial charge in [0, 0.05) is 28.9 Å². The lowest BCUT2D eigenvalue weighted by molar-refractivity contribution is 0.270. The molecule has 0 radical (unpaired) electrons. The Labute approximate surface area is 113 Å². The standard InChI is InChI=1S/C15H23NOS/c1-15(2)11-12-7-4-5-8-13(12)14(15)16-9-6-10-18(3)17/h4-5,7-8,14,16H,6,9-11H2,1-3H3. The van der Waals surface area contributed by atoms with Crippen molar-refractivity contribution >= 4 is 10.8 Å². The SMILES string of the molecule is CS(=O)CCCNC1c2ccccc2CC1(C)C. The number of nitrogens with one attached hydrogen (secondary N) is 1. The van der Waals surface area contributed by atoms with Gasteiger partial charge in [0.15, 0.2) is 0 Å². The van der Waals surface area contributed by atoms with E-state index in [1.54, 1.807) is 6.26 Å². The number of hydrogen-bond acceptors (Lipinski definition) is 2. The summed E-state index contributed by atoms with van der Waals surface area (Å²) in [5.41, 5.74) is 3.19. The van der Waals surface area contributed by atoms with Crippen molar-refractivity contribution in [2.24, 2.45) is 5.41 Å². The highest BCUT2D eigenvalue weighted by molar-refractivity contribution is 7.84. The molecule has 100 valence electrons. The van der Waals surface area contributed by atoms with Gasteiger partial charge in [-0.15, -0.1) is 0 Å². The molecule has 1 aromatic carbocycles. The first-order valence-corrected chi connectivity index (χ1v) is 8.34. The van der Waals surface area contributed by atoms with Crippen LogP contribution in [0.15, 0.2) is 24.3 Å². The van der Waals surface area contributed by atoms with E-state index < -0.39 is 10.8 Å². The molecule has 1 aromatic rings. The third-order valence-electron chi connectivity index (χ3n) is 3.75. The van der Waals surface area contributed by atoms with Gasteiger partial charge in [-0.3, -0.25) is 4.21 Å². The smallest absolute Gasteiger partial charge is 0.0377 e. The van der Waals surface area contributed by atoms with Crippen LogP contribution in [0, 0.1) is 5.41 Å². The van der Waals surface area contributed by atoms with Gasteiger partial charge in [-0.05, 0) is 35.9 Å². The van der Waals surface area contributed by atoms with Gasteiger partial charge in [0.1, 0.15) is 0 Å². The lowest BCUT2D eigenvalue weighted by Gasteiger charge is -2.28. The molecule has 1 aliphatic rings. The van der Waals surface area contributed by atoms with Crippen molar-refractivity contribution in [1.29, 1.82) is 0 Å². The summed E-state index contributed by atoms with van der Waals surface area (Å²) in [5.74, 6) is 0.793. The van der Waals surface area contributed by atoms with Gasteiger partial charge in [0.05, 0.1) is 0 Å². The first kappa shape index (κ1) is 13.8. The van der Waals surface area contributed by atoms with Gasteiger partial charge < -0.3 is 5.32 Å². The Morgan fingerprint density at radius 1 is 1.39 bits per heavy atom. The minimum Gasteiger partial charge on any atom is -0.309 e. The zero-order valence-electron chi connectivity index (χ0n) is 11.5. The van der Waals surface area contributed by atoms with Crippen molar-refractivity contribution in [2.45, 2.75) is 32.7 Å². The van der Waals surface area contributed by atoms with Crippen LogP contribution in [0.25, 0.3) is 0 Å². The van der Waals surface area contributed by atoms with Crippen LogP contribution in [-0.2, 0) is 17.2 Å². The van der Waals surface area contributed by atoms with Crippen LogP contribution in [0.2, 0.25) is 0 Å². The van der Waals surface area contributed by atoms with Crippen LogP contribution in [0.3, 0.4) is 0 Å². The average Bonchev–Trinajstić information content (AvgIpc) is 2.54. The van der Waals surface area contributed by atoms with Crippen LogP contribution < -0.4 is 5.32 Å². The molecule has 0 spiro atoms. The molecule has 0 fully saturated rings. The number of fused-ring (bicyclic) bond motifs is 1. The Bertz CT molecular complexity index is 442. The van der Waals surface area contributed by atoms with E-state index in [0.717, 1.165) is 25.1 Å². The van der Waals surface area contributed by atoms with Gasteiger partial charge in [0.2, 0.25) is 0 Å². The van der Waals surface area contributed by atoms with Gasteiger partial charge in [0.25, 0.3) is 0 Å². The molecule has 2 rings (SSSR count). The van der Waals surface area contributed by atoms with Crippen molar-refractivity contribution in [3.63, 3.8) is 0 Å². The summed E-state index contributed by atoms with van der Waals surface area (Å²) in [5, 5.41) is 3.65. The van der Waals surface area contributed by atoms with E-state index in [1.165, 1.54) is 11.1 Å². The molecule has 0 saturated heterocycles. The molecular weight excluding hydrogens is 242 g/mol. The predicted octanol–water partition coefficient (Wildman–Crippen LogP) is 2.67. The second-order valence-corrected chi connectivity index (χ2v) is 7.44. The van der Waals surface area contributed by atoms with E-state index in [0.29, 0.717) is 6.04 Å². The van der Waals surface area contributed by atoms with Crippen LogP contribution in [-0.4, -0.2) is 22.8 Å². The second-order valence-electron chi connectivity index (χ2n) is 5.88. The Morgan fingerprint density at radius 3 is 2.83 bits per heavy atom. The van der Waals surface area contributed by atoms with Crippen molar-refractivity contribution < 1.29 is 4.21 Å². The first-order valence-electron chi connectivity index (χ1n) is 6.62. The maximum atomic E-state index is 11.0. The van der Waals surface area contributed by atoms with Gasteiger partial charge in [-0.2, -0.15) is 0 Å². The third-order valence-corrected chi connectivity index (χ3v) is 4.61. The maximum Gasteiger partial charge on any atom is 0.0377 e. The minimum atomic E-state index is -0.673. The van der Waals surface area contributed by atoms with Crippen molar-refractivity contribution in [2.75, 3.05) is 18.6 Å². The summed E-state index contributed by atoms with van der Waals surface area (Å²) in [7, 11) is -0.673. The van der Waals surface area contributed by atoms with Crippen LogP contribution >= 0.6 is 0 Å². The lowest BCUT2D eigenvalue weighted by Crippen LogP contribution is -2.32. The molecule has 2 atom stereocenters. The zero-order chi connectivity index (χ0) is 13.2. The molecule has 0 aromatic heterocycles. The molecule has 2 nitrogen and oxygen atoms in total. The molecule has 0 saturated carbocycles. The molecular formula is C15H23NOS. The lowest BCUT2D eigenvalue weighted by atomic mass is 9.85. The topological polar surface area (TPSA) is 29.1 Å². The Morgan fingerprint density at radius 2 is 2.11 bits per heavy atom. The molecule has 1 N–H and O–H groups in total. The summed E-state index contributed by atoms with van der Waals surface area (Å²) in [6.07, 6.45) is 3.90. The highest BCUT2D eigenvalue weighted by atomic mass is 32.2. The fraction of sp³-hybridized carbons (Fsp3) is 0.600. The quantitative estimate of drug-likeness (QED) is 0.829. The van der Waals surface area contributed by atoms with Crippen LogP contribution in [0.4, 0.5) is 0 Å².